The number of hydrogen-bond donors (Lipinski definition) is 1. The second-order valence-corrected chi connectivity index (χ2v) is 12.3. The Morgan fingerprint density at radius 2 is 1.78 bits per heavy atom. The Hall–Kier alpha value is -4.53. The Bertz CT molecular complexity index is 1410. The van der Waals surface area contributed by atoms with Crippen molar-refractivity contribution in [1.29, 1.82) is 0 Å². The minimum atomic E-state index is -0.956. The van der Waals surface area contributed by atoms with Crippen molar-refractivity contribution in [2.24, 2.45) is 0 Å². The fraction of sp³-hybridized carbons (Fsp3) is 0.581. The van der Waals surface area contributed by atoms with Gasteiger partial charge in [0.1, 0.15) is 24.8 Å². The number of nitrogens with one attached hydrogen (secondary N) is 1. The zero-order chi connectivity index (χ0) is 33.4. The zero-order valence-corrected chi connectivity index (χ0v) is 26.7. The second-order valence-electron chi connectivity index (χ2n) is 12.3. The maximum atomic E-state index is 13.8. The molecule has 0 aliphatic carbocycles. The predicted molar refractivity (Wildman–Crippen MR) is 163 cm³/mol. The molecule has 1 saturated heterocycles. The molecule has 46 heavy (non-hydrogen) atoms. The lowest BCUT2D eigenvalue weighted by molar-refractivity contribution is -0.384. The maximum absolute atomic E-state index is 13.8. The van der Waals surface area contributed by atoms with Gasteiger partial charge in [0.2, 0.25) is 11.8 Å². The van der Waals surface area contributed by atoms with Crippen molar-refractivity contribution >= 4 is 29.6 Å². The van der Waals surface area contributed by atoms with E-state index in [4.69, 9.17) is 14.2 Å². The Morgan fingerprint density at radius 1 is 1.09 bits per heavy atom. The molecule has 0 saturated carbocycles. The lowest BCUT2D eigenvalue weighted by atomic mass is 10.0. The molecule has 0 bridgehead atoms. The van der Waals surface area contributed by atoms with Gasteiger partial charge in [-0.25, -0.2) is 4.79 Å². The molecule has 1 aromatic carbocycles. The number of esters is 1. The molecule has 1 fully saturated rings. The van der Waals surface area contributed by atoms with E-state index in [1.54, 1.807) is 35.1 Å². The van der Waals surface area contributed by atoms with Crippen LogP contribution in [0.2, 0.25) is 0 Å². The summed E-state index contributed by atoms with van der Waals surface area (Å²) in [4.78, 5) is 65.0. The molecule has 0 spiro atoms. The first-order chi connectivity index (χ1) is 21.8. The highest BCUT2D eigenvalue weighted by molar-refractivity contribution is 5.88. The highest BCUT2D eigenvalue weighted by Gasteiger charge is 2.31. The number of hydrogen-bond acceptors (Lipinski definition) is 10. The number of likely N-dealkylation sites (tertiary alicyclic amines) is 1. The van der Waals surface area contributed by atoms with Gasteiger partial charge in [-0.2, -0.15) is 5.10 Å². The summed E-state index contributed by atoms with van der Waals surface area (Å²) in [6.45, 7) is 8.61. The Balaban J connectivity index is 1.37. The quantitative estimate of drug-likeness (QED) is 0.218. The van der Waals surface area contributed by atoms with E-state index in [2.05, 4.69) is 10.4 Å². The van der Waals surface area contributed by atoms with E-state index in [1.807, 2.05) is 20.8 Å². The van der Waals surface area contributed by atoms with E-state index in [-0.39, 0.29) is 56.5 Å². The standard InChI is InChI=1S/C31H42N6O9/c1-5-44-28(39)19-36-18-22-17-35(15-12-25(22)33-36)29(40)26(16-21-6-8-23(9-7-21)37(42)43)32-27(38)20-45-24-10-13-34(14-11-24)30(41)46-31(2,3)4/h6-9,18,24,26H,5,10-17,19-20H2,1-4H3,(H,32,38)/t26-/m0/s1. The molecule has 3 heterocycles. The Kier molecular flexibility index (Phi) is 11.3. The lowest BCUT2D eigenvalue weighted by Crippen LogP contribution is -2.51. The number of nitrogens with zero attached hydrogens (tertiary/aromatic N) is 5. The van der Waals surface area contributed by atoms with Crippen LogP contribution >= 0.6 is 0 Å². The van der Waals surface area contributed by atoms with Crippen LogP contribution in [-0.4, -0.2) is 99.0 Å². The van der Waals surface area contributed by atoms with Crippen molar-refractivity contribution in [1.82, 2.24) is 24.9 Å². The van der Waals surface area contributed by atoms with Gasteiger partial charge in [0.25, 0.3) is 5.69 Å². The largest absolute Gasteiger partial charge is 0.465 e. The van der Waals surface area contributed by atoms with Gasteiger partial charge in [0, 0.05) is 62.9 Å². The van der Waals surface area contributed by atoms with E-state index in [9.17, 15) is 29.3 Å². The van der Waals surface area contributed by atoms with Gasteiger partial charge in [-0.05, 0) is 46.1 Å². The van der Waals surface area contributed by atoms with Crippen LogP contribution < -0.4 is 5.32 Å². The summed E-state index contributed by atoms with van der Waals surface area (Å²) in [5.74, 6) is -1.20. The normalized spacial score (nSPS) is 15.9. The van der Waals surface area contributed by atoms with E-state index >= 15 is 0 Å². The van der Waals surface area contributed by atoms with E-state index in [0.29, 0.717) is 44.5 Å². The van der Waals surface area contributed by atoms with Crippen molar-refractivity contribution in [2.45, 2.75) is 84.2 Å². The summed E-state index contributed by atoms with van der Waals surface area (Å²) in [6.07, 6.45) is 2.77. The lowest BCUT2D eigenvalue weighted by Gasteiger charge is -2.33. The number of nitro benzene ring substituents is 1. The molecule has 1 aromatic heterocycles. The van der Waals surface area contributed by atoms with Crippen LogP contribution in [0, 0.1) is 10.1 Å². The highest BCUT2D eigenvalue weighted by atomic mass is 16.6. The summed E-state index contributed by atoms with van der Waals surface area (Å²) in [7, 11) is 0. The number of rotatable bonds is 11. The number of fused-ring (bicyclic) bond motifs is 1. The number of carbonyl (C=O) groups excluding carboxylic acids is 4. The van der Waals surface area contributed by atoms with Crippen molar-refractivity contribution in [3.63, 3.8) is 0 Å². The molecule has 2 aromatic rings. The third-order valence-corrected chi connectivity index (χ3v) is 7.58. The van der Waals surface area contributed by atoms with Crippen molar-refractivity contribution < 1.29 is 38.3 Å². The summed E-state index contributed by atoms with van der Waals surface area (Å²) in [5.41, 5.74) is 1.55. The van der Waals surface area contributed by atoms with Crippen LogP contribution in [0.15, 0.2) is 30.5 Å². The summed E-state index contributed by atoms with van der Waals surface area (Å²) in [5, 5.41) is 18.4. The molecular formula is C31H42N6O9. The van der Waals surface area contributed by atoms with Crippen LogP contribution in [0.25, 0.3) is 0 Å². The highest BCUT2D eigenvalue weighted by Crippen LogP contribution is 2.21. The molecule has 4 rings (SSSR count). The average molecular weight is 643 g/mol. The van der Waals surface area contributed by atoms with Gasteiger partial charge < -0.3 is 29.3 Å². The van der Waals surface area contributed by atoms with Gasteiger partial charge in [0.05, 0.1) is 23.3 Å². The van der Waals surface area contributed by atoms with Crippen LogP contribution in [0.1, 0.15) is 57.4 Å². The Labute approximate surface area is 267 Å². The molecule has 1 atom stereocenters. The van der Waals surface area contributed by atoms with Gasteiger partial charge in [-0.1, -0.05) is 12.1 Å². The van der Waals surface area contributed by atoms with E-state index in [0.717, 1.165) is 11.3 Å². The first-order valence-electron chi connectivity index (χ1n) is 15.4. The van der Waals surface area contributed by atoms with Gasteiger partial charge >= 0.3 is 12.1 Å². The molecule has 250 valence electrons. The zero-order valence-electron chi connectivity index (χ0n) is 26.7. The van der Waals surface area contributed by atoms with Gasteiger partial charge in [0.15, 0.2) is 0 Å². The fourth-order valence-corrected chi connectivity index (χ4v) is 5.35. The average Bonchev–Trinajstić information content (AvgIpc) is 3.40. The third-order valence-electron chi connectivity index (χ3n) is 7.58. The smallest absolute Gasteiger partial charge is 0.410 e. The first-order valence-corrected chi connectivity index (χ1v) is 15.4. The van der Waals surface area contributed by atoms with E-state index < -0.39 is 28.4 Å². The summed E-state index contributed by atoms with van der Waals surface area (Å²) < 4.78 is 17.8. The Morgan fingerprint density at radius 3 is 2.41 bits per heavy atom. The molecule has 2 aliphatic rings. The third kappa shape index (κ3) is 9.73. The van der Waals surface area contributed by atoms with Crippen LogP contribution in [0.4, 0.5) is 10.5 Å². The number of benzene rings is 1. The minimum Gasteiger partial charge on any atom is -0.465 e. The van der Waals surface area contributed by atoms with Crippen molar-refractivity contribution in [2.75, 3.05) is 32.8 Å². The number of amides is 3. The molecule has 0 unspecified atom stereocenters. The van der Waals surface area contributed by atoms with Gasteiger partial charge in [-0.15, -0.1) is 0 Å². The fourth-order valence-electron chi connectivity index (χ4n) is 5.35. The number of piperidine rings is 1. The number of non-ortho nitro benzene ring substituents is 1. The molecule has 2 aliphatic heterocycles. The van der Waals surface area contributed by atoms with Crippen LogP contribution in [0.3, 0.4) is 0 Å². The topological polar surface area (TPSA) is 175 Å². The first kappa shape index (κ1) is 34.3. The summed E-state index contributed by atoms with van der Waals surface area (Å²) >= 11 is 0. The van der Waals surface area contributed by atoms with E-state index in [1.165, 1.54) is 16.8 Å². The molecule has 0 radical (unpaired) electrons. The van der Waals surface area contributed by atoms with Crippen molar-refractivity contribution in [3.8, 4) is 0 Å². The molecule has 3 amide bonds. The molecule has 15 nitrogen and oxygen atoms in total. The number of nitro groups is 1. The minimum absolute atomic E-state index is 0.0341. The SMILES string of the molecule is CCOC(=O)Cn1cc2c(n1)CCN(C(=O)[C@H](Cc1ccc([N+](=O)[O-])cc1)NC(=O)COC1CCN(C(=O)OC(C)(C)C)CC1)C2. The summed E-state index contributed by atoms with van der Waals surface area (Å²) in [6, 6.07) is 4.89. The predicted octanol–water partition coefficient (Wildman–Crippen LogP) is 2.38. The number of carbonyl (C=O) groups is 4. The van der Waals surface area contributed by atoms with Gasteiger partial charge in [-0.3, -0.25) is 29.2 Å². The molecule has 1 N–H and O–H groups in total. The number of ether oxygens (including phenoxy) is 3. The number of aromatic nitrogens is 2. The molecule has 15 heteroatoms. The molecular weight excluding hydrogens is 600 g/mol. The second kappa shape index (κ2) is 15.2. The van der Waals surface area contributed by atoms with Crippen LogP contribution in [-0.2, 0) is 54.5 Å². The maximum Gasteiger partial charge on any atom is 0.410 e. The van der Waals surface area contributed by atoms with Crippen molar-refractivity contribution in [3.05, 3.63) is 57.4 Å². The van der Waals surface area contributed by atoms with Crippen LogP contribution in [0.5, 0.6) is 0 Å². The monoisotopic (exact) mass is 642 g/mol.